The fraction of sp³-hybridized carbons (Fsp3) is 0.250. The van der Waals surface area contributed by atoms with Crippen molar-refractivity contribution in [3.63, 3.8) is 0 Å². The van der Waals surface area contributed by atoms with Crippen molar-refractivity contribution in [3.8, 4) is 5.69 Å². The summed E-state index contributed by atoms with van der Waals surface area (Å²) < 4.78 is 40.4. The molecule has 0 aliphatic carbocycles. The van der Waals surface area contributed by atoms with Crippen molar-refractivity contribution in [3.05, 3.63) is 46.0 Å². The SMILES string of the molecule is CCc1nn(-c2cc(F)c(F)c(F)c2)c(Cl)c1C. The number of aromatic nitrogens is 2. The summed E-state index contributed by atoms with van der Waals surface area (Å²) in [6.45, 7) is 3.66. The summed E-state index contributed by atoms with van der Waals surface area (Å²) >= 11 is 6.03. The number of nitrogens with zero attached hydrogens (tertiary/aromatic N) is 2. The predicted octanol–water partition coefficient (Wildman–Crippen LogP) is 3.81. The molecular formula is C12H10ClF3N2. The van der Waals surface area contributed by atoms with Gasteiger partial charge in [0.1, 0.15) is 5.15 Å². The van der Waals surface area contributed by atoms with Crippen LogP contribution in [0.1, 0.15) is 18.2 Å². The third kappa shape index (κ3) is 1.99. The molecule has 0 radical (unpaired) electrons. The predicted molar refractivity (Wildman–Crippen MR) is 62.6 cm³/mol. The average molecular weight is 275 g/mol. The zero-order chi connectivity index (χ0) is 13.4. The molecule has 0 aliphatic rings. The Morgan fingerprint density at radius 3 is 2.22 bits per heavy atom. The molecule has 0 amide bonds. The van der Waals surface area contributed by atoms with Gasteiger partial charge in [-0.15, -0.1) is 0 Å². The highest BCUT2D eigenvalue weighted by Crippen LogP contribution is 2.25. The van der Waals surface area contributed by atoms with Crippen molar-refractivity contribution >= 4 is 11.6 Å². The first-order valence-corrected chi connectivity index (χ1v) is 5.72. The average Bonchev–Trinajstić information content (AvgIpc) is 2.62. The Bertz CT molecular complexity index is 585. The molecule has 2 aromatic rings. The van der Waals surface area contributed by atoms with Crippen LogP contribution in [0.25, 0.3) is 5.69 Å². The lowest BCUT2D eigenvalue weighted by Crippen LogP contribution is -2.01. The van der Waals surface area contributed by atoms with E-state index in [4.69, 9.17) is 11.6 Å². The fourth-order valence-electron chi connectivity index (χ4n) is 1.69. The minimum absolute atomic E-state index is 0.0548. The van der Waals surface area contributed by atoms with Gasteiger partial charge in [0, 0.05) is 17.7 Å². The molecule has 1 aromatic heterocycles. The molecule has 0 aliphatic heterocycles. The van der Waals surface area contributed by atoms with Gasteiger partial charge in [0.2, 0.25) is 0 Å². The summed E-state index contributed by atoms with van der Waals surface area (Å²) in [6, 6.07) is 1.71. The second kappa shape index (κ2) is 4.65. The van der Waals surface area contributed by atoms with Crippen molar-refractivity contribution in [1.82, 2.24) is 9.78 Å². The van der Waals surface area contributed by atoms with Crippen LogP contribution in [0.15, 0.2) is 12.1 Å². The quantitative estimate of drug-likeness (QED) is 0.762. The molecule has 0 spiro atoms. The molecule has 0 N–H and O–H groups in total. The van der Waals surface area contributed by atoms with Gasteiger partial charge < -0.3 is 0 Å². The summed E-state index contributed by atoms with van der Waals surface area (Å²) in [5.74, 6) is -4.05. The highest BCUT2D eigenvalue weighted by Gasteiger charge is 2.16. The number of benzene rings is 1. The lowest BCUT2D eigenvalue weighted by Gasteiger charge is -2.04. The van der Waals surface area contributed by atoms with Gasteiger partial charge in [-0.05, 0) is 13.3 Å². The second-order valence-electron chi connectivity index (χ2n) is 3.85. The van der Waals surface area contributed by atoms with Crippen LogP contribution in [-0.4, -0.2) is 9.78 Å². The number of hydrogen-bond donors (Lipinski definition) is 0. The maximum Gasteiger partial charge on any atom is 0.194 e. The molecule has 0 saturated heterocycles. The molecule has 96 valence electrons. The maximum absolute atomic E-state index is 13.1. The Hall–Kier alpha value is -1.49. The van der Waals surface area contributed by atoms with E-state index < -0.39 is 17.5 Å². The van der Waals surface area contributed by atoms with E-state index in [0.29, 0.717) is 6.42 Å². The first kappa shape index (κ1) is 13.0. The third-order valence-corrected chi connectivity index (χ3v) is 3.14. The molecule has 18 heavy (non-hydrogen) atoms. The Labute approximate surface area is 107 Å². The molecule has 1 heterocycles. The summed E-state index contributed by atoms with van der Waals surface area (Å²) in [7, 11) is 0. The Morgan fingerprint density at radius 1 is 1.22 bits per heavy atom. The molecule has 0 unspecified atom stereocenters. The molecule has 0 saturated carbocycles. The fourth-order valence-corrected chi connectivity index (χ4v) is 1.93. The number of rotatable bonds is 2. The Balaban J connectivity index is 2.62. The van der Waals surface area contributed by atoms with E-state index in [1.54, 1.807) is 6.92 Å². The molecule has 1 aromatic carbocycles. The van der Waals surface area contributed by atoms with Crippen molar-refractivity contribution in [1.29, 1.82) is 0 Å². The highest BCUT2D eigenvalue weighted by molar-refractivity contribution is 6.30. The van der Waals surface area contributed by atoms with Crippen molar-refractivity contribution < 1.29 is 13.2 Å². The third-order valence-electron chi connectivity index (χ3n) is 2.70. The summed E-state index contributed by atoms with van der Waals surface area (Å²) in [4.78, 5) is 0. The van der Waals surface area contributed by atoms with Crippen LogP contribution in [-0.2, 0) is 6.42 Å². The largest absolute Gasteiger partial charge is 0.221 e. The van der Waals surface area contributed by atoms with Gasteiger partial charge >= 0.3 is 0 Å². The number of hydrogen-bond acceptors (Lipinski definition) is 1. The van der Waals surface area contributed by atoms with E-state index in [1.165, 1.54) is 4.68 Å². The Morgan fingerprint density at radius 2 is 1.78 bits per heavy atom. The second-order valence-corrected chi connectivity index (χ2v) is 4.21. The van der Waals surface area contributed by atoms with Gasteiger partial charge in [-0.2, -0.15) is 5.10 Å². The van der Waals surface area contributed by atoms with E-state index in [-0.39, 0.29) is 10.8 Å². The van der Waals surface area contributed by atoms with Crippen molar-refractivity contribution in [2.45, 2.75) is 20.3 Å². The van der Waals surface area contributed by atoms with Gasteiger partial charge in [-0.25, -0.2) is 17.9 Å². The van der Waals surface area contributed by atoms with E-state index in [9.17, 15) is 13.2 Å². The monoisotopic (exact) mass is 274 g/mol. The Kier molecular flexibility index (Phi) is 3.34. The van der Waals surface area contributed by atoms with E-state index in [2.05, 4.69) is 5.10 Å². The van der Waals surface area contributed by atoms with Crippen LogP contribution < -0.4 is 0 Å². The zero-order valence-electron chi connectivity index (χ0n) is 9.77. The standard InChI is InChI=1S/C12H10ClF3N2/c1-3-10-6(2)12(13)18(17-10)7-4-8(14)11(16)9(15)5-7/h4-5H,3H2,1-2H3. The topological polar surface area (TPSA) is 17.8 Å². The smallest absolute Gasteiger partial charge is 0.194 e. The zero-order valence-corrected chi connectivity index (χ0v) is 10.5. The van der Waals surface area contributed by atoms with Crippen LogP contribution in [0.5, 0.6) is 0 Å². The molecule has 6 heteroatoms. The van der Waals surface area contributed by atoms with Gasteiger partial charge in [-0.1, -0.05) is 18.5 Å². The first-order valence-electron chi connectivity index (χ1n) is 5.34. The van der Waals surface area contributed by atoms with Crippen LogP contribution >= 0.6 is 11.6 Å². The molecule has 0 atom stereocenters. The van der Waals surface area contributed by atoms with Gasteiger partial charge in [0.05, 0.1) is 11.4 Å². The minimum Gasteiger partial charge on any atom is -0.221 e. The highest BCUT2D eigenvalue weighted by atomic mass is 35.5. The van der Waals surface area contributed by atoms with Gasteiger partial charge in [0.15, 0.2) is 17.5 Å². The molecular weight excluding hydrogens is 265 g/mol. The summed E-state index contributed by atoms with van der Waals surface area (Å²) in [5, 5.41) is 4.40. The van der Waals surface area contributed by atoms with E-state index >= 15 is 0 Å². The lowest BCUT2D eigenvalue weighted by molar-refractivity contribution is 0.446. The van der Waals surface area contributed by atoms with Crippen LogP contribution in [0.4, 0.5) is 13.2 Å². The van der Waals surface area contributed by atoms with Crippen molar-refractivity contribution in [2.24, 2.45) is 0 Å². The molecule has 0 fully saturated rings. The maximum atomic E-state index is 13.1. The molecule has 2 nitrogen and oxygen atoms in total. The summed E-state index contributed by atoms with van der Waals surface area (Å²) in [6.07, 6.45) is 0.644. The molecule has 0 bridgehead atoms. The number of halogens is 4. The number of aryl methyl sites for hydroxylation is 1. The normalized spacial score (nSPS) is 11.0. The van der Waals surface area contributed by atoms with E-state index in [0.717, 1.165) is 23.4 Å². The van der Waals surface area contributed by atoms with Gasteiger partial charge in [0.25, 0.3) is 0 Å². The van der Waals surface area contributed by atoms with Crippen LogP contribution in [0.2, 0.25) is 5.15 Å². The summed E-state index contributed by atoms with van der Waals surface area (Å²) in [5.41, 5.74) is 1.52. The van der Waals surface area contributed by atoms with Gasteiger partial charge in [-0.3, -0.25) is 0 Å². The lowest BCUT2D eigenvalue weighted by atomic mass is 10.2. The van der Waals surface area contributed by atoms with Crippen LogP contribution in [0, 0.1) is 24.4 Å². The molecule has 2 rings (SSSR count). The first-order chi connectivity index (χ1) is 8.45. The van der Waals surface area contributed by atoms with Crippen molar-refractivity contribution in [2.75, 3.05) is 0 Å². The minimum atomic E-state index is -1.51. The van der Waals surface area contributed by atoms with Crippen LogP contribution in [0.3, 0.4) is 0 Å². The van der Waals surface area contributed by atoms with E-state index in [1.807, 2.05) is 6.92 Å².